The summed E-state index contributed by atoms with van der Waals surface area (Å²) in [4.78, 5) is 0. The van der Waals surface area contributed by atoms with Crippen molar-refractivity contribution in [3.63, 3.8) is 0 Å². The van der Waals surface area contributed by atoms with E-state index in [0.29, 0.717) is 23.4 Å². The van der Waals surface area contributed by atoms with Crippen molar-refractivity contribution in [2.45, 2.75) is 124 Å². The molecule has 0 bridgehead atoms. The number of aliphatic hydroxyl groups is 1. The van der Waals surface area contributed by atoms with Gasteiger partial charge in [-0.3, -0.25) is 0 Å². The molecule has 0 aromatic carbocycles. The molecule has 2 nitrogen and oxygen atoms in total. The summed E-state index contributed by atoms with van der Waals surface area (Å²) in [5.41, 5.74) is 1.15. The van der Waals surface area contributed by atoms with Gasteiger partial charge in [0.05, 0.1) is 12.4 Å². The van der Waals surface area contributed by atoms with E-state index in [4.69, 9.17) is 9.84 Å². The molecule has 4 aliphatic rings. The lowest BCUT2D eigenvalue weighted by molar-refractivity contribution is -0.130. The average Bonchev–Trinajstić information content (AvgIpc) is 3.14. The van der Waals surface area contributed by atoms with Crippen LogP contribution in [0.3, 0.4) is 0 Å². The van der Waals surface area contributed by atoms with Crippen molar-refractivity contribution in [3.8, 4) is 0 Å². The molecular formula is C31H54O2. The summed E-state index contributed by atoms with van der Waals surface area (Å²) in [6, 6.07) is 0. The third kappa shape index (κ3) is 5.07. The second-order valence-electron chi connectivity index (χ2n) is 13.6. The zero-order chi connectivity index (χ0) is 23.6. The summed E-state index contributed by atoms with van der Waals surface area (Å²) in [6.45, 7) is 13.0. The zero-order valence-electron chi connectivity index (χ0n) is 22.5. The van der Waals surface area contributed by atoms with Gasteiger partial charge in [-0.15, -0.1) is 0 Å². The third-order valence-electron chi connectivity index (χ3n) is 11.5. The quantitative estimate of drug-likeness (QED) is 0.351. The first-order valence-electron chi connectivity index (χ1n) is 14.7. The van der Waals surface area contributed by atoms with E-state index in [2.05, 4.69) is 34.6 Å². The fraction of sp³-hybridized carbons (Fsp3) is 0.935. The Labute approximate surface area is 205 Å². The third-order valence-corrected chi connectivity index (χ3v) is 11.5. The van der Waals surface area contributed by atoms with Crippen LogP contribution in [0.1, 0.15) is 118 Å². The van der Waals surface area contributed by atoms with Crippen LogP contribution in [0, 0.1) is 52.3 Å². The fourth-order valence-electron chi connectivity index (χ4n) is 9.68. The summed E-state index contributed by atoms with van der Waals surface area (Å²) in [6.07, 6.45) is 22.0. The molecule has 0 aliphatic heterocycles. The van der Waals surface area contributed by atoms with Crippen molar-refractivity contribution in [2.24, 2.45) is 52.3 Å². The van der Waals surface area contributed by atoms with Crippen molar-refractivity contribution in [2.75, 3.05) is 6.61 Å². The summed E-state index contributed by atoms with van der Waals surface area (Å²) in [5, 5.41) is 8.98. The van der Waals surface area contributed by atoms with E-state index in [1.54, 1.807) is 0 Å². The highest BCUT2D eigenvalue weighted by Crippen LogP contribution is 2.68. The van der Waals surface area contributed by atoms with Crippen molar-refractivity contribution in [3.05, 3.63) is 12.3 Å². The molecule has 190 valence electrons. The molecule has 2 heteroatoms. The lowest BCUT2D eigenvalue weighted by atomic mass is 9.44. The number of rotatable bonds is 9. The highest BCUT2D eigenvalue weighted by Gasteiger charge is 2.60. The first-order valence-corrected chi connectivity index (χ1v) is 14.7. The number of ether oxygens (including phenoxy) is 1. The summed E-state index contributed by atoms with van der Waals surface area (Å²) < 4.78 is 6.10. The Morgan fingerprint density at radius 1 is 0.909 bits per heavy atom. The lowest BCUT2D eigenvalue weighted by Crippen LogP contribution is -2.54. The summed E-state index contributed by atoms with van der Waals surface area (Å²) >= 11 is 0. The second kappa shape index (κ2) is 10.6. The van der Waals surface area contributed by atoms with Crippen molar-refractivity contribution in [1.29, 1.82) is 0 Å². The molecule has 4 rings (SSSR count). The van der Waals surface area contributed by atoms with Crippen LogP contribution in [-0.2, 0) is 4.74 Å². The van der Waals surface area contributed by atoms with E-state index >= 15 is 0 Å². The first-order chi connectivity index (χ1) is 15.8. The van der Waals surface area contributed by atoms with Crippen molar-refractivity contribution < 1.29 is 9.84 Å². The van der Waals surface area contributed by atoms with Crippen LogP contribution in [-0.4, -0.2) is 17.8 Å². The van der Waals surface area contributed by atoms with E-state index in [0.717, 1.165) is 41.4 Å². The monoisotopic (exact) mass is 458 g/mol. The van der Waals surface area contributed by atoms with Gasteiger partial charge in [0.2, 0.25) is 0 Å². The molecule has 1 N–H and O–H groups in total. The van der Waals surface area contributed by atoms with Gasteiger partial charge in [0.1, 0.15) is 0 Å². The first kappa shape index (κ1) is 25.6. The predicted molar refractivity (Wildman–Crippen MR) is 139 cm³/mol. The lowest BCUT2D eigenvalue weighted by Gasteiger charge is -2.61. The molecule has 9 atom stereocenters. The van der Waals surface area contributed by atoms with E-state index in [9.17, 15) is 0 Å². The predicted octanol–water partition coefficient (Wildman–Crippen LogP) is 8.39. The number of hydrogen-bond acceptors (Lipinski definition) is 2. The Morgan fingerprint density at radius 3 is 2.42 bits per heavy atom. The van der Waals surface area contributed by atoms with E-state index < -0.39 is 0 Å². The largest absolute Gasteiger partial charge is 0.498 e. The van der Waals surface area contributed by atoms with Gasteiger partial charge in [0.15, 0.2) is 0 Å². The number of fused-ring (bicyclic) bond motifs is 5. The Morgan fingerprint density at radius 2 is 1.67 bits per heavy atom. The van der Waals surface area contributed by atoms with Crippen LogP contribution in [0.4, 0.5) is 0 Å². The maximum absolute atomic E-state index is 8.98. The van der Waals surface area contributed by atoms with E-state index in [-0.39, 0.29) is 6.61 Å². The zero-order valence-corrected chi connectivity index (χ0v) is 22.5. The molecule has 0 radical (unpaired) electrons. The van der Waals surface area contributed by atoms with Gasteiger partial charge in [-0.25, -0.2) is 0 Å². The van der Waals surface area contributed by atoms with Gasteiger partial charge in [0, 0.05) is 6.61 Å². The Hall–Kier alpha value is -0.500. The highest BCUT2D eigenvalue weighted by molar-refractivity contribution is 5.09. The second-order valence-corrected chi connectivity index (χ2v) is 13.6. The molecule has 0 heterocycles. The molecular weight excluding hydrogens is 404 g/mol. The highest BCUT2D eigenvalue weighted by atomic mass is 16.5. The van der Waals surface area contributed by atoms with Gasteiger partial charge < -0.3 is 9.84 Å². The minimum atomic E-state index is 0.214. The summed E-state index contributed by atoms with van der Waals surface area (Å²) in [7, 11) is 0. The normalized spacial score (nSPS) is 43.8. The van der Waals surface area contributed by atoms with Crippen LogP contribution >= 0.6 is 0 Å². The molecule has 4 fully saturated rings. The van der Waals surface area contributed by atoms with Gasteiger partial charge in [-0.2, -0.15) is 0 Å². The molecule has 0 aromatic rings. The van der Waals surface area contributed by atoms with Crippen LogP contribution in [0.5, 0.6) is 0 Å². The van der Waals surface area contributed by atoms with Gasteiger partial charge >= 0.3 is 0 Å². The maximum atomic E-state index is 8.98. The van der Waals surface area contributed by atoms with Crippen molar-refractivity contribution >= 4 is 0 Å². The minimum Gasteiger partial charge on any atom is -0.498 e. The number of hydrogen-bond donors (Lipinski definition) is 1. The SMILES string of the molecule is CC(C)CCC[C@@H](C)[C@H]1CCC2C3CCC4CC(OC=CCCO)CC[C@]4(C)C3CC[C@@]21C. The Bertz CT molecular complexity index is 655. The average molecular weight is 459 g/mol. The smallest absolute Gasteiger partial charge is 0.0981 e. The Kier molecular flexibility index (Phi) is 8.24. The van der Waals surface area contributed by atoms with Crippen LogP contribution in [0.25, 0.3) is 0 Å². The molecule has 4 saturated carbocycles. The number of aliphatic hydroxyl groups excluding tert-OH is 1. The molecule has 5 unspecified atom stereocenters. The standard InChI is InChI=1S/C31H54O2/c1-22(2)9-8-10-23(3)27-13-14-28-26-12-11-24-21-25(33-20-7-6-19-32)15-17-30(24,4)29(26)16-18-31(27,28)5/h7,20,22-29,32H,6,8-19,21H2,1-5H3/t23-,24?,25?,26?,27-,28?,29?,30+,31-/m1/s1. The van der Waals surface area contributed by atoms with Gasteiger partial charge in [0.25, 0.3) is 0 Å². The summed E-state index contributed by atoms with van der Waals surface area (Å²) in [5.74, 6) is 6.51. The van der Waals surface area contributed by atoms with E-state index in [1.807, 2.05) is 12.3 Å². The van der Waals surface area contributed by atoms with Gasteiger partial charge in [-0.1, -0.05) is 53.9 Å². The maximum Gasteiger partial charge on any atom is 0.0981 e. The molecule has 33 heavy (non-hydrogen) atoms. The fourth-order valence-corrected chi connectivity index (χ4v) is 9.68. The van der Waals surface area contributed by atoms with Gasteiger partial charge in [-0.05, 0) is 123 Å². The van der Waals surface area contributed by atoms with Crippen LogP contribution in [0.15, 0.2) is 12.3 Å². The van der Waals surface area contributed by atoms with Crippen LogP contribution in [0.2, 0.25) is 0 Å². The molecule has 0 aromatic heterocycles. The minimum absolute atomic E-state index is 0.214. The molecule has 0 saturated heterocycles. The van der Waals surface area contributed by atoms with Crippen molar-refractivity contribution in [1.82, 2.24) is 0 Å². The molecule has 0 amide bonds. The van der Waals surface area contributed by atoms with Crippen LogP contribution < -0.4 is 0 Å². The topological polar surface area (TPSA) is 29.5 Å². The molecule has 4 aliphatic carbocycles. The molecule has 0 spiro atoms. The van der Waals surface area contributed by atoms with E-state index in [1.165, 1.54) is 77.0 Å². The Balaban J connectivity index is 1.38.